The van der Waals surface area contributed by atoms with E-state index in [0.717, 1.165) is 34.5 Å². The molecule has 1 fully saturated rings. The Hall–Kier alpha value is -2.70. The summed E-state index contributed by atoms with van der Waals surface area (Å²) in [7, 11) is 1.91. The van der Waals surface area contributed by atoms with Gasteiger partial charge in [0.25, 0.3) is 0 Å². The molecule has 0 radical (unpaired) electrons. The lowest BCUT2D eigenvalue weighted by molar-refractivity contribution is -0.121. The van der Waals surface area contributed by atoms with Gasteiger partial charge >= 0.3 is 0 Å². The van der Waals surface area contributed by atoms with Gasteiger partial charge in [0.2, 0.25) is 5.88 Å². The van der Waals surface area contributed by atoms with Crippen molar-refractivity contribution in [3.05, 3.63) is 35.3 Å². The van der Waals surface area contributed by atoms with E-state index in [9.17, 15) is 4.79 Å². The maximum Gasteiger partial charge on any atom is 0.215 e. The Bertz CT molecular complexity index is 1020. The number of pyridine rings is 1. The van der Waals surface area contributed by atoms with Gasteiger partial charge in [-0.3, -0.25) is 14.2 Å². The van der Waals surface area contributed by atoms with E-state index in [2.05, 4.69) is 22.1 Å². The fraction of sp³-hybridized carbons (Fsp3) is 0.524. The highest BCUT2D eigenvalue weighted by molar-refractivity contribution is 5.84. The zero-order chi connectivity index (χ0) is 19.8. The van der Waals surface area contributed by atoms with Crippen LogP contribution in [-0.2, 0) is 18.4 Å². The average Bonchev–Trinajstić information content (AvgIpc) is 3.30. The molecular formula is C21H27N5O2. The number of nitrogens with zero attached hydrogens (tertiary/aromatic N) is 5. The van der Waals surface area contributed by atoms with E-state index in [-0.39, 0.29) is 18.3 Å². The number of ether oxygens (including phenoxy) is 1. The second-order valence-electron chi connectivity index (χ2n) is 7.79. The van der Waals surface area contributed by atoms with Gasteiger partial charge in [0.1, 0.15) is 6.61 Å². The highest BCUT2D eigenvalue weighted by atomic mass is 16.5. The fourth-order valence-electron chi connectivity index (χ4n) is 3.63. The summed E-state index contributed by atoms with van der Waals surface area (Å²) >= 11 is 0. The van der Waals surface area contributed by atoms with Crippen LogP contribution < -0.4 is 4.74 Å². The first-order chi connectivity index (χ1) is 13.5. The van der Waals surface area contributed by atoms with Crippen LogP contribution in [0.1, 0.15) is 61.9 Å². The molecule has 0 bridgehead atoms. The summed E-state index contributed by atoms with van der Waals surface area (Å²) < 4.78 is 9.42. The average molecular weight is 381 g/mol. The summed E-state index contributed by atoms with van der Waals surface area (Å²) in [5, 5.41) is 10.3. The lowest BCUT2D eigenvalue weighted by atomic mass is 10.0. The Morgan fingerprint density at radius 3 is 2.82 bits per heavy atom. The molecule has 3 aromatic heterocycles. The van der Waals surface area contributed by atoms with Crippen LogP contribution in [0.3, 0.4) is 0 Å². The van der Waals surface area contributed by atoms with Crippen molar-refractivity contribution in [3.8, 4) is 5.88 Å². The topological polar surface area (TPSA) is 74.8 Å². The van der Waals surface area contributed by atoms with Gasteiger partial charge < -0.3 is 4.74 Å². The van der Waals surface area contributed by atoms with E-state index in [1.807, 2.05) is 48.6 Å². The highest BCUT2D eigenvalue weighted by Crippen LogP contribution is 2.43. The van der Waals surface area contributed by atoms with Crippen molar-refractivity contribution in [2.45, 2.75) is 58.4 Å². The quantitative estimate of drug-likeness (QED) is 0.597. The van der Waals surface area contributed by atoms with E-state index in [0.29, 0.717) is 18.2 Å². The van der Waals surface area contributed by atoms with Crippen LogP contribution in [-0.4, -0.2) is 36.9 Å². The normalized spacial score (nSPS) is 15.1. The summed E-state index contributed by atoms with van der Waals surface area (Å²) in [4.78, 5) is 17.0. The molecule has 4 rings (SSSR count). The van der Waals surface area contributed by atoms with Crippen molar-refractivity contribution in [2.24, 2.45) is 7.05 Å². The molecule has 1 unspecified atom stereocenters. The minimum atomic E-state index is 0.0180. The molecule has 1 atom stereocenters. The van der Waals surface area contributed by atoms with Crippen LogP contribution in [0.25, 0.3) is 11.0 Å². The van der Waals surface area contributed by atoms with E-state index < -0.39 is 0 Å². The second kappa shape index (κ2) is 7.37. The first kappa shape index (κ1) is 18.7. The largest absolute Gasteiger partial charge is 0.470 e. The first-order valence-corrected chi connectivity index (χ1v) is 9.98. The highest BCUT2D eigenvalue weighted by Gasteiger charge is 2.30. The summed E-state index contributed by atoms with van der Waals surface area (Å²) in [6.07, 6.45) is 4.75. The third-order valence-corrected chi connectivity index (χ3v) is 5.36. The maximum absolute atomic E-state index is 12.4. The Kier molecular flexibility index (Phi) is 4.91. The minimum absolute atomic E-state index is 0.0180. The second-order valence-corrected chi connectivity index (χ2v) is 7.79. The smallest absolute Gasteiger partial charge is 0.215 e. The molecule has 0 amide bonds. The Morgan fingerprint density at radius 1 is 1.36 bits per heavy atom. The standard InChI is InChI=1S/C21H27N5O2/c1-5-26-9-8-17(23-26)13(2)10-16(27)12-28-18-11-14(3)19-20(15-6-7-15)24-25(4)21(19)22-18/h8-9,11,13,15H,5-7,10,12H2,1-4H3. The Balaban J connectivity index is 1.42. The molecule has 28 heavy (non-hydrogen) atoms. The van der Waals surface area contributed by atoms with Gasteiger partial charge in [-0.2, -0.15) is 15.2 Å². The lowest BCUT2D eigenvalue weighted by Crippen LogP contribution is -2.15. The van der Waals surface area contributed by atoms with Crippen LogP contribution >= 0.6 is 0 Å². The number of hydrogen-bond donors (Lipinski definition) is 0. The number of carbonyl (C=O) groups is 1. The lowest BCUT2D eigenvalue weighted by Gasteiger charge is -2.10. The van der Waals surface area contributed by atoms with E-state index in [4.69, 9.17) is 4.74 Å². The molecule has 7 nitrogen and oxygen atoms in total. The van der Waals surface area contributed by atoms with Gasteiger partial charge in [-0.1, -0.05) is 6.92 Å². The molecule has 1 aliphatic carbocycles. The molecule has 0 saturated heterocycles. The van der Waals surface area contributed by atoms with E-state index in [1.54, 1.807) is 0 Å². The summed E-state index contributed by atoms with van der Waals surface area (Å²) in [5.41, 5.74) is 4.00. The van der Waals surface area contributed by atoms with Crippen LogP contribution in [0.2, 0.25) is 0 Å². The van der Waals surface area contributed by atoms with Crippen molar-refractivity contribution in [2.75, 3.05) is 6.61 Å². The number of aryl methyl sites for hydroxylation is 3. The number of Topliss-reactive ketones (excluding diaryl/α,β-unsaturated/α-hetero) is 1. The number of rotatable bonds is 8. The molecule has 0 aliphatic heterocycles. The summed E-state index contributed by atoms with van der Waals surface area (Å²) in [5.74, 6) is 1.16. The van der Waals surface area contributed by atoms with Gasteiger partial charge in [0.05, 0.1) is 11.4 Å². The number of fused-ring (bicyclic) bond motifs is 1. The molecule has 148 valence electrons. The predicted molar refractivity (Wildman–Crippen MR) is 107 cm³/mol. The van der Waals surface area contributed by atoms with Crippen LogP contribution in [0, 0.1) is 6.92 Å². The van der Waals surface area contributed by atoms with Crippen LogP contribution in [0.15, 0.2) is 18.3 Å². The van der Waals surface area contributed by atoms with Crippen molar-refractivity contribution < 1.29 is 9.53 Å². The maximum atomic E-state index is 12.4. The molecule has 1 saturated carbocycles. The van der Waals surface area contributed by atoms with Crippen LogP contribution in [0.5, 0.6) is 5.88 Å². The molecule has 7 heteroatoms. The van der Waals surface area contributed by atoms with Gasteiger partial charge in [-0.25, -0.2) is 0 Å². The first-order valence-electron chi connectivity index (χ1n) is 9.98. The fourth-order valence-corrected chi connectivity index (χ4v) is 3.63. The van der Waals surface area contributed by atoms with Gasteiger partial charge in [0, 0.05) is 49.5 Å². The molecular weight excluding hydrogens is 354 g/mol. The molecule has 0 N–H and O–H groups in total. The molecule has 0 spiro atoms. The van der Waals surface area contributed by atoms with Gasteiger partial charge in [0.15, 0.2) is 11.4 Å². The third kappa shape index (κ3) is 3.66. The minimum Gasteiger partial charge on any atom is -0.470 e. The molecule has 3 heterocycles. The Morgan fingerprint density at radius 2 is 2.14 bits per heavy atom. The monoisotopic (exact) mass is 381 g/mol. The Labute approximate surface area is 164 Å². The van der Waals surface area contributed by atoms with Crippen molar-refractivity contribution in [1.82, 2.24) is 24.5 Å². The van der Waals surface area contributed by atoms with Gasteiger partial charge in [-0.05, 0) is 38.3 Å². The molecule has 1 aliphatic rings. The van der Waals surface area contributed by atoms with Crippen LogP contribution in [0.4, 0.5) is 0 Å². The summed E-state index contributed by atoms with van der Waals surface area (Å²) in [6.45, 7) is 6.96. The SMILES string of the molecule is CCn1ccc(C(C)CC(=O)COc2cc(C)c3c(C4CC4)nn(C)c3n2)n1. The van der Waals surface area contributed by atoms with Gasteiger partial charge in [-0.15, -0.1) is 0 Å². The molecule has 3 aromatic rings. The summed E-state index contributed by atoms with van der Waals surface area (Å²) in [6, 6.07) is 3.89. The van der Waals surface area contributed by atoms with E-state index in [1.165, 1.54) is 12.8 Å². The number of ketones is 1. The predicted octanol–water partition coefficient (Wildman–Crippen LogP) is 3.51. The van der Waals surface area contributed by atoms with E-state index >= 15 is 0 Å². The molecule has 0 aromatic carbocycles. The number of aromatic nitrogens is 5. The third-order valence-electron chi connectivity index (χ3n) is 5.36. The van der Waals surface area contributed by atoms with Crippen molar-refractivity contribution in [3.63, 3.8) is 0 Å². The van der Waals surface area contributed by atoms with Crippen molar-refractivity contribution >= 4 is 16.8 Å². The zero-order valence-corrected chi connectivity index (χ0v) is 17.0. The zero-order valence-electron chi connectivity index (χ0n) is 17.0. The number of hydrogen-bond acceptors (Lipinski definition) is 5. The number of carbonyl (C=O) groups excluding carboxylic acids is 1. The van der Waals surface area contributed by atoms with Crippen molar-refractivity contribution in [1.29, 1.82) is 0 Å².